The van der Waals surface area contributed by atoms with E-state index < -0.39 is 0 Å². The molecule has 0 heterocycles. The van der Waals surface area contributed by atoms with Gasteiger partial charge in [-0.15, -0.1) is 11.8 Å². The SMILES string of the molecule is CC(CO)Sc1ccc(Cl)cc1C#N. The zero-order valence-electron chi connectivity index (χ0n) is 7.70. The molecule has 74 valence electrons. The quantitative estimate of drug-likeness (QED) is 0.808. The molecule has 0 saturated carbocycles. The molecule has 0 aliphatic heterocycles. The van der Waals surface area contributed by atoms with Crippen molar-refractivity contribution in [3.63, 3.8) is 0 Å². The Kier molecular flexibility index (Phi) is 4.27. The van der Waals surface area contributed by atoms with Crippen molar-refractivity contribution in [1.29, 1.82) is 5.26 Å². The monoisotopic (exact) mass is 227 g/mol. The van der Waals surface area contributed by atoms with E-state index in [2.05, 4.69) is 6.07 Å². The van der Waals surface area contributed by atoms with Gasteiger partial charge in [0.15, 0.2) is 0 Å². The first-order chi connectivity index (χ1) is 6.67. The van der Waals surface area contributed by atoms with Crippen LogP contribution in [0.3, 0.4) is 0 Å². The number of nitriles is 1. The molecule has 1 unspecified atom stereocenters. The van der Waals surface area contributed by atoms with E-state index in [9.17, 15) is 0 Å². The average molecular weight is 228 g/mol. The van der Waals surface area contributed by atoms with Crippen LogP contribution in [0.15, 0.2) is 23.1 Å². The maximum Gasteiger partial charge on any atom is 0.100 e. The summed E-state index contributed by atoms with van der Waals surface area (Å²) in [6, 6.07) is 7.26. The number of rotatable bonds is 3. The summed E-state index contributed by atoms with van der Waals surface area (Å²) >= 11 is 7.23. The second-order valence-electron chi connectivity index (χ2n) is 2.86. The Labute approximate surface area is 92.5 Å². The fraction of sp³-hybridized carbons (Fsp3) is 0.300. The molecular weight excluding hydrogens is 218 g/mol. The van der Waals surface area contributed by atoms with E-state index in [1.807, 2.05) is 6.92 Å². The predicted octanol–water partition coefficient (Wildman–Crippen LogP) is 2.68. The molecule has 2 nitrogen and oxygen atoms in total. The Balaban J connectivity index is 2.92. The molecule has 0 aromatic heterocycles. The Morgan fingerprint density at radius 3 is 2.93 bits per heavy atom. The number of thioether (sulfide) groups is 1. The standard InChI is InChI=1S/C10H10ClNOS/c1-7(6-13)14-10-3-2-9(11)4-8(10)5-12/h2-4,7,13H,6H2,1H3. The van der Waals surface area contributed by atoms with Crippen LogP contribution < -0.4 is 0 Å². The fourth-order valence-electron chi connectivity index (χ4n) is 0.946. The van der Waals surface area contributed by atoms with Crippen molar-refractivity contribution in [2.45, 2.75) is 17.1 Å². The van der Waals surface area contributed by atoms with E-state index in [0.29, 0.717) is 10.6 Å². The summed E-state index contributed by atoms with van der Waals surface area (Å²) in [5.41, 5.74) is 0.558. The highest BCUT2D eigenvalue weighted by Gasteiger charge is 2.07. The van der Waals surface area contributed by atoms with Gasteiger partial charge >= 0.3 is 0 Å². The van der Waals surface area contributed by atoms with E-state index in [0.717, 1.165) is 4.90 Å². The predicted molar refractivity (Wildman–Crippen MR) is 58.6 cm³/mol. The zero-order valence-corrected chi connectivity index (χ0v) is 9.27. The van der Waals surface area contributed by atoms with Crippen LogP contribution in [-0.2, 0) is 0 Å². The lowest BCUT2D eigenvalue weighted by molar-refractivity contribution is 0.300. The van der Waals surface area contributed by atoms with Gasteiger partial charge in [0.2, 0.25) is 0 Å². The van der Waals surface area contributed by atoms with Crippen molar-refractivity contribution in [2.75, 3.05) is 6.61 Å². The highest BCUT2D eigenvalue weighted by atomic mass is 35.5. The molecule has 1 rings (SSSR count). The average Bonchev–Trinajstić information content (AvgIpc) is 2.20. The largest absolute Gasteiger partial charge is 0.395 e. The van der Waals surface area contributed by atoms with Crippen LogP contribution in [0.1, 0.15) is 12.5 Å². The Morgan fingerprint density at radius 2 is 2.36 bits per heavy atom. The van der Waals surface area contributed by atoms with Crippen molar-refractivity contribution >= 4 is 23.4 Å². The molecular formula is C10H10ClNOS. The Hall–Kier alpha value is -0.690. The van der Waals surface area contributed by atoms with Gasteiger partial charge < -0.3 is 5.11 Å². The minimum Gasteiger partial charge on any atom is -0.395 e. The minimum atomic E-state index is 0.0864. The molecule has 0 spiro atoms. The second-order valence-corrected chi connectivity index (χ2v) is 4.78. The number of hydrogen-bond donors (Lipinski definition) is 1. The molecule has 14 heavy (non-hydrogen) atoms. The van der Waals surface area contributed by atoms with Gasteiger partial charge in [-0.05, 0) is 18.2 Å². The van der Waals surface area contributed by atoms with Gasteiger partial charge in [-0.3, -0.25) is 0 Å². The molecule has 1 aromatic rings. The fourth-order valence-corrected chi connectivity index (χ4v) is 2.00. The first-order valence-electron chi connectivity index (χ1n) is 4.14. The van der Waals surface area contributed by atoms with Crippen LogP contribution in [0, 0.1) is 11.3 Å². The Morgan fingerprint density at radius 1 is 1.64 bits per heavy atom. The molecule has 0 saturated heterocycles. The zero-order chi connectivity index (χ0) is 10.6. The van der Waals surface area contributed by atoms with Crippen LogP contribution >= 0.6 is 23.4 Å². The first kappa shape index (κ1) is 11.4. The third kappa shape index (κ3) is 2.91. The van der Waals surface area contributed by atoms with Gasteiger partial charge in [0.05, 0.1) is 12.2 Å². The van der Waals surface area contributed by atoms with Crippen molar-refractivity contribution < 1.29 is 5.11 Å². The van der Waals surface area contributed by atoms with E-state index in [-0.39, 0.29) is 11.9 Å². The molecule has 0 aliphatic rings. The van der Waals surface area contributed by atoms with Gasteiger partial charge in [-0.25, -0.2) is 0 Å². The number of benzene rings is 1. The van der Waals surface area contributed by atoms with Crippen LogP contribution in [-0.4, -0.2) is 17.0 Å². The van der Waals surface area contributed by atoms with Crippen molar-refractivity contribution in [3.8, 4) is 6.07 Å². The summed E-state index contributed by atoms with van der Waals surface area (Å²) in [7, 11) is 0. The summed E-state index contributed by atoms with van der Waals surface area (Å²) in [4.78, 5) is 0.860. The minimum absolute atomic E-state index is 0.0864. The third-order valence-corrected chi connectivity index (χ3v) is 3.04. The van der Waals surface area contributed by atoms with Crippen molar-refractivity contribution in [1.82, 2.24) is 0 Å². The molecule has 0 fully saturated rings. The number of hydrogen-bond acceptors (Lipinski definition) is 3. The number of nitrogens with zero attached hydrogens (tertiary/aromatic N) is 1. The van der Waals surface area contributed by atoms with Crippen LogP contribution in [0.4, 0.5) is 0 Å². The van der Waals surface area contributed by atoms with Crippen LogP contribution in [0.25, 0.3) is 0 Å². The van der Waals surface area contributed by atoms with Crippen molar-refractivity contribution in [2.24, 2.45) is 0 Å². The summed E-state index contributed by atoms with van der Waals surface area (Å²) in [5.74, 6) is 0. The smallest absolute Gasteiger partial charge is 0.100 e. The molecule has 0 aliphatic carbocycles. The lowest BCUT2D eigenvalue weighted by atomic mass is 10.2. The molecule has 1 atom stereocenters. The summed E-state index contributed by atoms with van der Waals surface area (Å²) in [6.07, 6.45) is 0. The third-order valence-electron chi connectivity index (χ3n) is 1.65. The molecule has 0 amide bonds. The second kappa shape index (κ2) is 5.26. The maximum atomic E-state index is 8.88. The van der Waals surface area contributed by atoms with Gasteiger partial charge in [0.1, 0.15) is 6.07 Å². The highest BCUT2D eigenvalue weighted by molar-refractivity contribution is 8.00. The summed E-state index contributed by atoms with van der Waals surface area (Å²) in [6.45, 7) is 2.00. The lowest BCUT2D eigenvalue weighted by Crippen LogP contribution is -2.01. The maximum absolute atomic E-state index is 8.88. The van der Waals surface area contributed by atoms with Gasteiger partial charge in [0.25, 0.3) is 0 Å². The molecule has 0 radical (unpaired) electrons. The Bertz CT molecular complexity index is 362. The van der Waals surface area contributed by atoms with Crippen LogP contribution in [0.5, 0.6) is 0 Å². The molecule has 4 heteroatoms. The van der Waals surface area contributed by atoms with Crippen LogP contribution in [0.2, 0.25) is 5.02 Å². The lowest BCUT2D eigenvalue weighted by Gasteiger charge is -2.08. The molecule has 0 bridgehead atoms. The van der Waals surface area contributed by atoms with Gasteiger partial charge in [0, 0.05) is 15.2 Å². The highest BCUT2D eigenvalue weighted by Crippen LogP contribution is 2.28. The van der Waals surface area contributed by atoms with Crippen molar-refractivity contribution in [3.05, 3.63) is 28.8 Å². The molecule has 1 aromatic carbocycles. The van der Waals surface area contributed by atoms with Gasteiger partial charge in [-0.1, -0.05) is 18.5 Å². The summed E-state index contributed by atoms with van der Waals surface area (Å²) < 4.78 is 0. The van der Waals surface area contributed by atoms with E-state index >= 15 is 0 Å². The number of aliphatic hydroxyl groups is 1. The normalized spacial score (nSPS) is 12.1. The van der Waals surface area contributed by atoms with Gasteiger partial charge in [-0.2, -0.15) is 5.26 Å². The van der Waals surface area contributed by atoms with E-state index in [4.69, 9.17) is 22.0 Å². The number of halogens is 1. The number of aliphatic hydroxyl groups excluding tert-OH is 1. The first-order valence-corrected chi connectivity index (χ1v) is 5.40. The van der Waals surface area contributed by atoms with E-state index in [1.54, 1.807) is 18.2 Å². The van der Waals surface area contributed by atoms with E-state index in [1.165, 1.54) is 11.8 Å². The molecule has 1 N–H and O–H groups in total. The summed E-state index contributed by atoms with van der Waals surface area (Å²) in [5, 5.41) is 18.4. The topological polar surface area (TPSA) is 44.0 Å².